The number of rotatable bonds is 3. The molecule has 0 saturated carbocycles. The molecule has 0 N–H and O–H groups in total. The zero-order chi connectivity index (χ0) is 17.4. The van der Waals surface area contributed by atoms with Crippen LogP contribution in [0, 0.1) is 15.9 Å². The van der Waals surface area contributed by atoms with Crippen LogP contribution in [-0.4, -0.2) is 24.7 Å². The lowest BCUT2D eigenvalue weighted by Gasteiger charge is -2.28. The number of nitro groups is 1. The molecule has 25 heavy (non-hydrogen) atoms. The molecule has 4 rings (SSSR count). The SMILES string of the molecule is O=[N+]([O-])c1ccc(N2CCCC2c2ccc3c(c2)OCCO3)c(F)c1. The van der Waals surface area contributed by atoms with Crippen LogP contribution in [0.25, 0.3) is 0 Å². The Kier molecular flexibility index (Phi) is 3.91. The zero-order valence-corrected chi connectivity index (χ0v) is 13.5. The fourth-order valence-electron chi connectivity index (χ4n) is 3.51. The van der Waals surface area contributed by atoms with Gasteiger partial charge in [-0.1, -0.05) is 6.07 Å². The summed E-state index contributed by atoms with van der Waals surface area (Å²) in [6.45, 7) is 1.76. The minimum atomic E-state index is -0.588. The van der Waals surface area contributed by atoms with Crippen LogP contribution in [0.3, 0.4) is 0 Å². The maximum absolute atomic E-state index is 14.4. The number of halogens is 1. The van der Waals surface area contributed by atoms with Crippen molar-refractivity contribution >= 4 is 11.4 Å². The summed E-state index contributed by atoms with van der Waals surface area (Å²) in [7, 11) is 0. The molecule has 7 heteroatoms. The highest BCUT2D eigenvalue weighted by Crippen LogP contribution is 2.41. The first-order valence-electron chi connectivity index (χ1n) is 8.23. The van der Waals surface area contributed by atoms with Crippen LogP contribution in [0.4, 0.5) is 15.8 Å². The molecule has 2 heterocycles. The summed E-state index contributed by atoms with van der Waals surface area (Å²) in [6, 6.07) is 9.62. The Morgan fingerprint density at radius 1 is 1.12 bits per heavy atom. The number of hydrogen-bond donors (Lipinski definition) is 0. The average Bonchev–Trinajstić information content (AvgIpc) is 3.10. The molecule has 2 aromatic rings. The molecule has 6 nitrogen and oxygen atoms in total. The topological polar surface area (TPSA) is 64.8 Å². The van der Waals surface area contributed by atoms with Crippen LogP contribution in [-0.2, 0) is 0 Å². The molecule has 130 valence electrons. The summed E-state index contributed by atoms with van der Waals surface area (Å²) < 4.78 is 25.6. The normalized spacial score (nSPS) is 19.1. The number of hydrogen-bond acceptors (Lipinski definition) is 5. The van der Waals surface area contributed by atoms with E-state index in [4.69, 9.17) is 9.47 Å². The lowest BCUT2D eigenvalue weighted by molar-refractivity contribution is -0.385. The highest BCUT2D eigenvalue weighted by Gasteiger charge is 2.29. The van der Waals surface area contributed by atoms with Gasteiger partial charge in [-0.3, -0.25) is 10.1 Å². The Morgan fingerprint density at radius 3 is 2.68 bits per heavy atom. The summed E-state index contributed by atoms with van der Waals surface area (Å²) in [4.78, 5) is 12.2. The second kappa shape index (κ2) is 6.23. The number of anilines is 1. The van der Waals surface area contributed by atoms with Gasteiger partial charge < -0.3 is 14.4 Å². The summed E-state index contributed by atoms with van der Waals surface area (Å²) in [5.41, 5.74) is 1.18. The number of nitro benzene ring substituents is 1. The van der Waals surface area contributed by atoms with Crippen LogP contribution >= 0.6 is 0 Å². The van der Waals surface area contributed by atoms with Gasteiger partial charge in [0.05, 0.1) is 22.7 Å². The van der Waals surface area contributed by atoms with Gasteiger partial charge in [0.1, 0.15) is 13.2 Å². The van der Waals surface area contributed by atoms with Crippen LogP contribution in [0.15, 0.2) is 36.4 Å². The van der Waals surface area contributed by atoms with E-state index in [1.807, 2.05) is 23.1 Å². The summed E-state index contributed by atoms with van der Waals surface area (Å²) >= 11 is 0. The van der Waals surface area contributed by atoms with Gasteiger partial charge in [0.2, 0.25) is 0 Å². The maximum Gasteiger partial charge on any atom is 0.272 e. The molecule has 0 aliphatic carbocycles. The van der Waals surface area contributed by atoms with Crippen molar-refractivity contribution in [3.8, 4) is 11.5 Å². The quantitative estimate of drug-likeness (QED) is 0.625. The van der Waals surface area contributed by atoms with E-state index in [-0.39, 0.29) is 11.7 Å². The van der Waals surface area contributed by atoms with Crippen LogP contribution < -0.4 is 14.4 Å². The van der Waals surface area contributed by atoms with E-state index in [0.717, 1.165) is 30.2 Å². The fourth-order valence-corrected chi connectivity index (χ4v) is 3.51. The predicted molar refractivity (Wildman–Crippen MR) is 89.8 cm³/mol. The second-order valence-electron chi connectivity index (χ2n) is 6.15. The van der Waals surface area contributed by atoms with Crippen LogP contribution in [0.2, 0.25) is 0 Å². The van der Waals surface area contributed by atoms with Crippen molar-refractivity contribution in [1.29, 1.82) is 0 Å². The van der Waals surface area contributed by atoms with Crippen LogP contribution in [0.5, 0.6) is 11.5 Å². The number of benzene rings is 2. The third-order valence-corrected chi connectivity index (χ3v) is 4.66. The Morgan fingerprint density at radius 2 is 1.92 bits per heavy atom. The van der Waals surface area contributed by atoms with E-state index < -0.39 is 10.7 Å². The Hall–Kier alpha value is -2.83. The van der Waals surface area contributed by atoms with Crippen molar-refractivity contribution in [2.75, 3.05) is 24.7 Å². The van der Waals surface area contributed by atoms with Crippen molar-refractivity contribution < 1.29 is 18.8 Å². The standard InChI is InChI=1S/C18H17FN2O4/c19-14-11-13(21(22)23)4-5-16(14)20-7-1-2-15(20)12-3-6-17-18(10-12)25-9-8-24-17/h3-6,10-11,15H,1-2,7-9H2. The smallest absolute Gasteiger partial charge is 0.272 e. The minimum absolute atomic E-state index is 0.00628. The zero-order valence-electron chi connectivity index (χ0n) is 13.5. The Bertz CT molecular complexity index is 827. The van der Waals surface area contributed by atoms with Crippen molar-refractivity contribution in [2.45, 2.75) is 18.9 Å². The fraction of sp³-hybridized carbons (Fsp3) is 0.333. The molecule has 1 atom stereocenters. The van der Waals surface area contributed by atoms with E-state index in [0.29, 0.717) is 31.2 Å². The maximum atomic E-state index is 14.4. The molecule has 0 spiro atoms. The minimum Gasteiger partial charge on any atom is -0.486 e. The number of fused-ring (bicyclic) bond motifs is 1. The molecular formula is C18H17FN2O4. The molecule has 1 fully saturated rings. The number of nitrogens with zero attached hydrogens (tertiary/aromatic N) is 2. The average molecular weight is 344 g/mol. The van der Waals surface area contributed by atoms with Gasteiger partial charge >= 0.3 is 0 Å². The molecular weight excluding hydrogens is 327 g/mol. The lowest BCUT2D eigenvalue weighted by atomic mass is 10.0. The Balaban J connectivity index is 1.66. The molecule has 0 amide bonds. The first-order chi connectivity index (χ1) is 12.1. The van der Waals surface area contributed by atoms with Crippen LogP contribution in [0.1, 0.15) is 24.4 Å². The van der Waals surface area contributed by atoms with Crippen molar-refractivity contribution in [2.24, 2.45) is 0 Å². The van der Waals surface area contributed by atoms with Crippen molar-refractivity contribution in [3.63, 3.8) is 0 Å². The van der Waals surface area contributed by atoms with Gasteiger partial charge in [-0.15, -0.1) is 0 Å². The molecule has 2 aromatic carbocycles. The van der Waals surface area contributed by atoms with E-state index in [1.165, 1.54) is 12.1 Å². The van der Waals surface area contributed by atoms with E-state index in [9.17, 15) is 14.5 Å². The first-order valence-corrected chi connectivity index (χ1v) is 8.23. The van der Waals surface area contributed by atoms with E-state index in [2.05, 4.69) is 0 Å². The molecule has 2 aliphatic heterocycles. The van der Waals surface area contributed by atoms with Crippen molar-refractivity contribution in [3.05, 3.63) is 57.9 Å². The summed E-state index contributed by atoms with van der Waals surface area (Å²) in [6.07, 6.45) is 1.81. The van der Waals surface area contributed by atoms with E-state index >= 15 is 0 Å². The molecule has 0 bridgehead atoms. The Labute approximate surface area is 143 Å². The second-order valence-corrected chi connectivity index (χ2v) is 6.15. The van der Waals surface area contributed by atoms with Gasteiger partial charge in [-0.25, -0.2) is 4.39 Å². The molecule has 2 aliphatic rings. The highest BCUT2D eigenvalue weighted by molar-refractivity contribution is 5.56. The number of ether oxygens (including phenoxy) is 2. The van der Waals surface area contributed by atoms with Crippen molar-refractivity contribution in [1.82, 2.24) is 0 Å². The first kappa shape index (κ1) is 15.7. The summed E-state index contributed by atoms with van der Waals surface area (Å²) in [5.74, 6) is 0.861. The molecule has 1 saturated heterocycles. The van der Waals surface area contributed by atoms with Gasteiger partial charge in [0.15, 0.2) is 17.3 Å². The van der Waals surface area contributed by atoms with Gasteiger partial charge in [-0.05, 0) is 36.6 Å². The largest absolute Gasteiger partial charge is 0.486 e. The van der Waals surface area contributed by atoms with E-state index in [1.54, 1.807) is 0 Å². The monoisotopic (exact) mass is 344 g/mol. The van der Waals surface area contributed by atoms with Gasteiger partial charge in [0, 0.05) is 12.6 Å². The lowest BCUT2D eigenvalue weighted by Crippen LogP contribution is -2.24. The predicted octanol–water partition coefficient (Wildman–Crippen LogP) is 3.85. The molecule has 0 aromatic heterocycles. The molecule has 0 radical (unpaired) electrons. The third-order valence-electron chi connectivity index (χ3n) is 4.66. The highest BCUT2D eigenvalue weighted by atomic mass is 19.1. The van der Waals surface area contributed by atoms with Gasteiger partial charge in [0.25, 0.3) is 5.69 Å². The molecule has 1 unspecified atom stereocenters. The summed E-state index contributed by atoms with van der Waals surface area (Å²) in [5, 5.41) is 10.8. The van der Waals surface area contributed by atoms with Gasteiger partial charge in [-0.2, -0.15) is 0 Å². The third kappa shape index (κ3) is 2.86. The number of non-ortho nitro benzene ring substituents is 1.